The van der Waals surface area contributed by atoms with Gasteiger partial charge >= 0.3 is 0 Å². The van der Waals surface area contributed by atoms with Crippen LogP contribution in [0.2, 0.25) is 0 Å². The second kappa shape index (κ2) is 7.84. The zero-order chi connectivity index (χ0) is 24.2. The molecule has 1 atom stereocenters. The molecule has 1 unspecified atom stereocenters. The molecular weight excluding hydrogens is 450 g/mol. The first kappa shape index (κ1) is 20.5. The summed E-state index contributed by atoms with van der Waals surface area (Å²) < 4.78 is 10.0. The van der Waals surface area contributed by atoms with E-state index < -0.39 is 0 Å². The van der Waals surface area contributed by atoms with Crippen LogP contribution in [0.4, 0.5) is 0 Å². The fourth-order valence-electron chi connectivity index (χ4n) is 4.94. The van der Waals surface area contributed by atoms with Gasteiger partial charge in [-0.15, -0.1) is 5.10 Å². The highest BCUT2D eigenvalue weighted by Gasteiger charge is 2.38. The van der Waals surface area contributed by atoms with Gasteiger partial charge in [-0.3, -0.25) is 4.98 Å². The summed E-state index contributed by atoms with van der Waals surface area (Å²) in [4.78, 5) is 14.1. The quantitative estimate of drug-likeness (QED) is 0.349. The van der Waals surface area contributed by atoms with E-state index in [-0.39, 0.29) is 5.92 Å². The molecule has 2 aromatic carbocycles. The van der Waals surface area contributed by atoms with Crippen molar-refractivity contribution in [2.45, 2.75) is 19.8 Å². The number of hydrogen-bond acceptors (Lipinski definition) is 6. The standard InChI is InChI=1S/C28H21N7O/c1-17-9-6-7-13-21(17)25-31-26-24-23(19-10-8-14-29-15-19)22-18(2)32-35(20-11-4-3-5-12-20)28(22)36-27(24)30-16-34(26)33-25/h3-16,23H,1-2H3. The van der Waals surface area contributed by atoms with Crippen molar-refractivity contribution in [3.05, 3.63) is 113 Å². The van der Waals surface area contributed by atoms with Gasteiger partial charge in [-0.25, -0.2) is 19.2 Å². The number of fused-ring (bicyclic) bond motifs is 4. The Bertz CT molecular complexity index is 1740. The fraction of sp³-hybridized carbons (Fsp3) is 0.107. The van der Waals surface area contributed by atoms with Gasteiger partial charge in [0.2, 0.25) is 11.8 Å². The smallest absolute Gasteiger partial charge is 0.230 e. The van der Waals surface area contributed by atoms with Crippen LogP contribution in [-0.2, 0) is 0 Å². The van der Waals surface area contributed by atoms with Gasteiger partial charge in [-0.2, -0.15) is 5.10 Å². The molecule has 0 fully saturated rings. The van der Waals surface area contributed by atoms with Crippen LogP contribution >= 0.6 is 0 Å². The van der Waals surface area contributed by atoms with Crippen molar-refractivity contribution < 1.29 is 4.74 Å². The fourth-order valence-corrected chi connectivity index (χ4v) is 4.94. The molecule has 7 rings (SSSR count). The summed E-state index contributed by atoms with van der Waals surface area (Å²) in [6, 6.07) is 22.1. The second-order valence-electron chi connectivity index (χ2n) is 8.85. The zero-order valence-corrected chi connectivity index (χ0v) is 19.7. The van der Waals surface area contributed by atoms with Crippen LogP contribution in [0, 0.1) is 13.8 Å². The number of benzene rings is 2. The van der Waals surface area contributed by atoms with E-state index in [9.17, 15) is 0 Å². The minimum atomic E-state index is -0.222. The van der Waals surface area contributed by atoms with Crippen molar-refractivity contribution in [1.29, 1.82) is 0 Å². The largest absolute Gasteiger partial charge is 0.420 e. The lowest BCUT2D eigenvalue weighted by molar-refractivity contribution is 0.402. The van der Waals surface area contributed by atoms with E-state index in [1.165, 1.54) is 0 Å². The number of aryl methyl sites for hydroxylation is 2. The highest BCUT2D eigenvalue weighted by Crippen LogP contribution is 2.49. The van der Waals surface area contributed by atoms with Gasteiger partial charge in [-0.1, -0.05) is 48.5 Å². The Morgan fingerprint density at radius 3 is 2.50 bits per heavy atom. The Labute approximate surface area is 206 Å². The first-order chi connectivity index (χ1) is 17.7. The Balaban J connectivity index is 1.50. The monoisotopic (exact) mass is 471 g/mol. The number of nitrogens with zero attached hydrogens (tertiary/aromatic N) is 7. The summed E-state index contributed by atoms with van der Waals surface area (Å²) in [5.74, 6) is 1.57. The average Bonchev–Trinajstić information content (AvgIpc) is 3.50. The van der Waals surface area contributed by atoms with Gasteiger partial charge in [-0.05, 0) is 43.2 Å². The van der Waals surface area contributed by atoms with Crippen molar-refractivity contribution in [2.24, 2.45) is 0 Å². The molecule has 0 saturated heterocycles. The normalized spacial score (nSPS) is 14.3. The topological polar surface area (TPSA) is 83.0 Å². The molecule has 0 radical (unpaired) electrons. The number of para-hydroxylation sites is 1. The van der Waals surface area contributed by atoms with Gasteiger partial charge in [0.1, 0.15) is 6.33 Å². The summed E-state index contributed by atoms with van der Waals surface area (Å²) in [6.45, 7) is 4.07. The van der Waals surface area contributed by atoms with Crippen LogP contribution in [0.3, 0.4) is 0 Å². The third-order valence-electron chi connectivity index (χ3n) is 6.62. The van der Waals surface area contributed by atoms with E-state index in [1.54, 1.807) is 17.0 Å². The Kier molecular flexibility index (Phi) is 4.47. The number of hydrogen-bond donors (Lipinski definition) is 0. The predicted molar refractivity (Wildman–Crippen MR) is 135 cm³/mol. The summed E-state index contributed by atoms with van der Waals surface area (Å²) in [5.41, 5.74) is 7.40. The lowest BCUT2D eigenvalue weighted by Gasteiger charge is -2.26. The molecule has 4 aromatic heterocycles. The number of pyridine rings is 1. The first-order valence-electron chi connectivity index (χ1n) is 11.7. The molecule has 5 heterocycles. The van der Waals surface area contributed by atoms with Crippen LogP contribution < -0.4 is 4.74 Å². The molecule has 0 amide bonds. The summed E-state index contributed by atoms with van der Waals surface area (Å²) in [5, 5.41) is 9.63. The van der Waals surface area contributed by atoms with Crippen LogP contribution in [-0.4, -0.2) is 34.3 Å². The lowest BCUT2D eigenvalue weighted by Crippen LogP contribution is -2.16. The maximum absolute atomic E-state index is 6.47. The van der Waals surface area contributed by atoms with E-state index in [4.69, 9.17) is 19.9 Å². The molecule has 0 bridgehead atoms. The molecule has 8 heteroatoms. The molecule has 0 N–H and O–H groups in total. The maximum atomic E-state index is 6.47. The molecule has 0 saturated carbocycles. The van der Waals surface area contributed by atoms with Gasteiger partial charge in [0.05, 0.1) is 28.4 Å². The average molecular weight is 472 g/mol. The highest BCUT2D eigenvalue weighted by molar-refractivity contribution is 5.69. The Morgan fingerprint density at radius 2 is 1.69 bits per heavy atom. The van der Waals surface area contributed by atoms with Gasteiger partial charge in [0, 0.05) is 18.0 Å². The molecule has 174 valence electrons. The molecule has 1 aliphatic rings. The Hall–Kier alpha value is -4.85. The van der Waals surface area contributed by atoms with Gasteiger partial charge in [0.25, 0.3) is 0 Å². The first-order valence-corrected chi connectivity index (χ1v) is 11.7. The summed E-state index contributed by atoms with van der Waals surface area (Å²) in [7, 11) is 0. The summed E-state index contributed by atoms with van der Waals surface area (Å²) in [6.07, 6.45) is 5.31. The molecule has 1 aliphatic heterocycles. The molecule has 0 spiro atoms. The van der Waals surface area contributed by atoms with Crippen molar-refractivity contribution in [2.75, 3.05) is 0 Å². The van der Waals surface area contributed by atoms with Crippen LogP contribution in [0.5, 0.6) is 11.8 Å². The predicted octanol–water partition coefficient (Wildman–Crippen LogP) is 5.27. The second-order valence-corrected chi connectivity index (χ2v) is 8.85. The SMILES string of the molecule is Cc1ccccc1-c1nc2c3c(ncn2n1)Oc1c(c(C)nn1-c1ccccc1)C3c1cccnc1. The molecule has 6 aromatic rings. The van der Waals surface area contributed by atoms with E-state index in [1.807, 2.05) is 72.4 Å². The molecular formula is C28H21N7O. The van der Waals surface area contributed by atoms with Crippen molar-refractivity contribution in [1.82, 2.24) is 34.3 Å². The third kappa shape index (κ3) is 3.04. The number of aromatic nitrogens is 7. The van der Waals surface area contributed by atoms with Crippen LogP contribution in [0.1, 0.15) is 33.9 Å². The van der Waals surface area contributed by atoms with Gasteiger partial charge in [0.15, 0.2) is 11.5 Å². The van der Waals surface area contributed by atoms with Gasteiger partial charge < -0.3 is 4.74 Å². The molecule has 0 aliphatic carbocycles. The van der Waals surface area contributed by atoms with Crippen molar-refractivity contribution in [3.63, 3.8) is 0 Å². The van der Waals surface area contributed by atoms with E-state index >= 15 is 0 Å². The minimum absolute atomic E-state index is 0.222. The van der Waals surface area contributed by atoms with Crippen molar-refractivity contribution >= 4 is 5.65 Å². The zero-order valence-electron chi connectivity index (χ0n) is 19.7. The van der Waals surface area contributed by atoms with E-state index in [0.29, 0.717) is 23.2 Å². The summed E-state index contributed by atoms with van der Waals surface area (Å²) >= 11 is 0. The molecule has 8 nitrogen and oxygen atoms in total. The third-order valence-corrected chi connectivity index (χ3v) is 6.62. The number of ether oxygens (including phenoxy) is 1. The lowest BCUT2D eigenvalue weighted by atomic mass is 9.85. The van der Waals surface area contributed by atoms with Crippen LogP contribution in [0.15, 0.2) is 85.5 Å². The van der Waals surface area contributed by atoms with E-state index in [2.05, 4.69) is 29.0 Å². The van der Waals surface area contributed by atoms with Crippen molar-refractivity contribution in [3.8, 4) is 28.8 Å². The molecule has 36 heavy (non-hydrogen) atoms. The minimum Gasteiger partial charge on any atom is -0.420 e. The Morgan fingerprint density at radius 1 is 0.861 bits per heavy atom. The highest BCUT2D eigenvalue weighted by atomic mass is 16.5. The maximum Gasteiger partial charge on any atom is 0.230 e. The number of rotatable bonds is 3. The van der Waals surface area contributed by atoms with Crippen LogP contribution in [0.25, 0.3) is 22.7 Å². The van der Waals surface area contributed by atoms with E-state index in [0.717, 1.165) is 39.2 Å².